The van der Waals surface area contributed by atoms with Gasteiger partial charge in [-0.1, -0.05) is 22.9 Å². The molecule has 0 heterocycles. The third-order valence-corrected chi connectivity index (χ3v) is 3.22. The molecule has 1 fully saturated rings. The summed E-state index contributed by atoms with van der Waals surface area (Å²) in [5.41, 5.74) is 2.71. The molecule has 1 aliphatic carbocycles. The van der Waals surface area contributed by atoms with Gasteiger partial charge < -0.3 is 5.32 Å². The van der Waals surface area contributed by atoms with Crippen LogP contribution in [0.15, 0.2) is 22.7 Å². The molecule has 0 radical (unpaired) electrons. The van der Waals surface area contributed by atoms with Crippen LogP contribution in [0.1, 0.15) is 25.3 Å². The summed E-state index contributed by atoms with van der Waals surface area (Å²) in [5.74, 6) is 0.934. The number of benzene rings is 1. The van der Waals surface area contributed by atoms with E-state index in [0.29, 0.717) is 0 Å². The van der Waals surface area contributed by atoms with Gasteiger partial charge >= 0.3 is 0 Å². The highest BCUT2D eigenvalue weighted by Gasteiger charge is 2.20. The van der Waals surface area contributed by atoms with Crippen LogP contribution < -0.4 is 5.32 Å². The number of nitrogens with one attached hydrogen (secondary N) is 1. The molecule has 1 aromatic rings. The van der Waals surface area contributed by atoms with Crippen molar-refractivity contribution in [3.8, 4) is 0 Å². The first-order valence-electron chi connectivity index (χ1n) is 5.32. The number of rotatable bonds is 4. The third-order valence-electron chi connectivity index (χ3n) is 2.73. The normalized spacial score (nSPS) is 15.6. The summed E-state index contributed by atoms with van der Waals surface area (Å²) in [6.45, 7) is 3.35. The first kappa shape index (κ1) is 10.0. The first-order valence-corrected chi connectivity index (χ1v) is 6.11. The maximum atomic E-state index is 3.53. The van der Waals surface area contributed by atoms with Crippen LogP contribution in [0, 0.1) is 5.92 Å². The molecule has 1 N–H and O–H groups in total. The minimum Gasteiger partial charge on any atom is -0.385 e. The highest BCUT2D eigenvalue weighted by atomic mass is 79.9. The Balaban J connectivity index is 2.05. The Morgan fingerprint density at radius 2 is 2.21 bits per heavy atom. The van der Waals surface area contributed by atoms with E-state index in [-0.39, 0.29) is 0 Å². The van der Waals surface area contributed by atoms with Crippen LogP contribution in [0.4, 0.5) is 5.69 Å². The molecule has 0 bridgehead atoms. The molecular weight excluding hydrogens is 238 g/mol. The summed E-state index contributed by atoms with van der Waals surface area (Å²) in [4.78, 5) is 0. The van der Waals surface area contributed by atoms with Gasteiger partial charge in [-0.25, -0.2) is 0 Å². The molecule has 0 aliphatic heterocycles. The fourth-order valence-electron chi connectivity index (χ4n) is 1.60. The van der Waals surface area contributed by atoms with Gasteiger partial charge in [0.05, 0.1) is 0 Å². The van der Waals surface area contributed by atoms with Crippen molar-refractivity contribution in [2.24, 2.45) is 5.92 Å². The molecule has 0 atom stereocenters. The lowest BCUT2D eigenvalue weighted by Gasteiger charge is -2.10. The molecule has 1 aliphatic rings. The summed E-state index contributed by atoms with van der Waals surface area (Å²) in [6, 6.07) is 6.48. The molecule has 0 unspecified atom stereocenters. The molecule has 1 nitrogen and oxygen atoms in total. The third kappa shape index (κ3) is 2.50. The van der Waals surface area contributed by atoms with Crippen LogP contribution in [-0.4, -0.2) is 6.54 Å². The second kappa shape index (κ2) is 4.35. The Morgan fingerprint density at radius 3 is 2.86 bits per heavy atom. The van der Waals surface area contributed by atoms with E-state index in [1.807, 2.05) is 0 Å². The second-order valence-corrected chi connectivity index (χ2v) is 4.89. The zero-order valence-corrected chi connectivity index (χ0v) is 10.1. The largest absolute Gasteiger partial charge is 0.385 e. The fourth-order valence-corrected chi connectivity index (χ4v) is 2.01. The van der Waals surface area contributed by atoms with E-state index in [4.69, 9.17) is 0 Å². The standard InChI is InChI=1S/C12H16BrN/c1-2-10-7-11(13)5-6-12(10)14-8-9-3-4-9/h5-7,9,14H,2-4,8H2,1H3. The molecule has 0 amide bonds. The van der Waals surface area contributed by atoms with Crippen LogP contribution in [0.25, 0.3) is 0 Å². The number of hydrogen-bond donors (Lipinski definition) is 1. The highest BCUT2D eigenvalue weighted by molar-refractivity contribution is 9.10. The fraction of sp³-hybridized carbons (Fsp3) is 0.500. The zero-order chi connectivity index (χ0) is 9.97. The topological polar surface area (TPSA) is 12.0 Å². The monoisotopic (exact) mass is 253 g/mol. The van der Waals surface area contributed by atoms with E-state index in [1.54, 1.807) is 0 Å². The van der Waals surface area contributed by atoms with Crippen molar-refractivity contribution in [2.75, 3.05) is 11.9 Å². The van der Waals surface area contributed by atoms with Crippen LogP contribution in [0.2, 0.25) is 0 Å². The van der Waals surface area contributed by atoms with Gasteiger partial charge in [0.2, 0.25) is 0 Å². The van der Waals surface area contributed by atoms with Gasteiger partial charge in [-0.3, -0.25) is 0 Å². The number of anilines is 1. The van der Waals surface area contributed by atoms with Crippen molar-refractivity contribution in [1.82, 2.24) is 0 Å². The van der Waals surface area contributed by atoms with E-state index in [2.05, 4.69) is 46.4 Å². The maximum Gasteiger partial charge on any atom is 0.0373 e. The number of aryl methyl sites for hydroxylation is 1. The van der Waals surface area contributed by atoms with Crippen molar-refractivity contribution in [2.45, 2.75) is 26.2 Å². The van der Waals surface area contributed by atoms with E-state index in [9.17, 15) is 0 Å². The zero-order valence-electron chi connectivity index (χ0n) is 8.52. The van der Waals surface area contributed by atoms with Crippen molar-refractivity contribution in [3.05, 3.63) is 28.2 Å². The Hall–Kier alpha value is -0.500. The Labute approximate surface area is 94.0 Å². The maximum absolute atomic E-state index is 3.53. The molecule has 0 spiro atoms. The average Bonchev–Trinajstić information content (AvgIpc) is 2.99. The Morgan fingerprint density at radius 1 is 1.43 bits per heavy atom. The van der Waals surface area contributed by atoms with Gasteiger partial charge in [0.1, 0.15) is 0 Å². The molecular formula is C12H16BrN. The lowest BCUT2D eigenvalue weighted by molar-refractivity contribution is 0.886. The molecule has 0 saturated heterocycles. The van der Waals surface area contributed by atoms with Crippen LogP contribution in [0.5, 0.6) is 0 Å². The van der Waals surface area contributed by atoms with Crippen molar-refractivity contribution in [1.29, 1.82) is 0 Å². The summed E-state index contributed by atoms with van der Waals surface area (Å²) in [6.07, 6.45) is 3.91. The lowest BCUT2D eigenvalue weighted by atomic mass is 10.1. The molecule has 2 heteroatoms. The number of halogens is 1. The predicted molar refractivity (Wildman–Crippen MR) is 64.7 cm³/mol. The van der Waals surface area contributed by atoms with E-state index in [0.717, 1.165) is 18.9 Å². The van der Waals surface area contributed by atoms with Gasteiger partial charge in [0, 0.05) is 16.7 Å². The van der Waals surface area contributed by atoms with Gasteiger partial charge in [-0.05, 0) is 48.9 Å². The summed E-state index contributed by atoms with van der Waals surface area (Å²) < 4.78 is 1.17. The average molecular weight is 254 g/mol. The second-order valence-electron chi connectivity index (χ2n) is 3.98. The van der Waals surface area contributed by atoms with Gasteiger partial charge in [0.25, 0.3) is 0 Å². The minimum absolute atomic E-state index is 0.934. The van der Waals surface area contributed by atoms with E-state index < -0.39 is 0 Å². The Bertz CT molecular complexity index is 318. The predicted octanol–water partition coefficient (Wildman–Crippen LogP) is 3.83. The van der Waals surface area contributed by atoms with Crippen LogP contribution in [-0.2, 0) is 6.42 Å². The van der Waals surface area contributed by atoms with Crippen LogP contribution >= 0.6 is 15.9 Å². The Kier molecular flexibility index (Phi) is 3.12. The van der Waals surface area contributed by atoms with E-state index >= 15 is 0 Å². The lowest BCUT2D eigenvalue weighted by Crippen LogP contribution is -2.05. The van der Waals surface area contributed by atoms with Gasteiger partial charge in [-0.2, -0.15) is 0 Å². The summed E-state index contributed by atoms with van der Waals surface area (Å²) in [5, 5.41) is 3.53. The SMILES string of the molecule is CCc1cc(Br)ccc1NCC1CC1. The highest BCUT2D eigenvalue weighted by Crippen LogP contribution is 2.30. The molecule has 0 aromatic heterocycles. The molecule has 76 valence electrons. The number of hydrogen-bond acceptors (Lipinski definition) is 1. The first-order chi connectivity index (χ1) is 6.79. The van der Waals surface area contributed by atoms with Crippen LogP contribution in [0.3, 0.4) is 0 Å². The van der Waals surface area contributed by atoms with Gasteiger partial charge in [0.15, 0.2) is 0 Å². The minimum atomic E-state index is 0.934. The van der Waals surface area contributed by atoms with Crippen molar-refractivity contribution in [3.63, 3.8) is 0 Å². The summed E-state index contributed by atoms with van der Waals surface area (Å²) in [7, 11) is 0. The molecule has 2 rings (SSSR count). The quantitative estimate of drug-likeness (QED) is 0.860. The summed E-state index contributed by atoms with van der Waals surface area (Å²) >= 11 is 3.50. The van der Waals surface area contributed by atoms with E-state index in [1.165, 1.54) is 28.6 Å². The molecule has 14 heavy (non-hydrogen) atoms. The van der Waals surface area contributed by atoms with Crippen molar-refractivity contribution < 1.29 is 0 Å². The molecule has 1 saturated carbocycles. The smallest absolute Gasteiger partial charge is 0.0373 e. The van der Waals surface area contributed by atoms with Gasteiger partial charge in [-0.15, -0.1) is 0 Å². The van der Waals surface area contributed by atoms with Crippen molar-refractivity contribution >= 4 is 21.6 Å². The molecule has 1 aromatic carbocycles.